The van der Waals surface area contributed by atoms with E-state index in [1.54, 1.807) is 0 Å². The smallest absolute Gasteiger partial charge is 0.252 e. The van der Waals surface area contributed by atoms with E-state index < -0.39 is 0 Å². The van der Waals surface area contributed by atoms with E-state index in [-0.39, 0.29) is 17.5 Å². The number of nitrogens with zero attached hydrogens (tertiary/aromatic N) is 3. The molecule has 0 bridgehead atoms. The molecular formula is C74H58BN3O. The van der Waals surface area contributed by atoms with Gasteiger partial charge in [0.25, 0.3) is 6.71 Å². The highest BCUT2D eigenvalue weighted by Gasteiger charge is 2.45. The highest BCUT2D eigenvalue weighted by atomic mass is 16.3. The zero-order chi connectivity index (χ0) is 53.3. The van der Waals surface area contributed by atoms with Crippen molar-refractivity contribution in [1.82, 2.24) is 0 Å². The third-order valence-corrected chi connectivity index (χ3v) is 17.2. The normalized spacial score (nSPS) is 13.7. The topological polar surface area (TPSA) is 22.9 Å². The highest BCUT2D eigenvalue weighted by Crippen LogP contribution is 2.53. The Morgan fingerprint density at radius 2 is 1.03 bits per heavy atom. The van der Waals surface area contributed by atoms with E-state index in [1.165, 1.54) is 77.8 Å². The molecule has 1 aromatic heterocycles. The molecule has 0 saturated carbocycles. The molecule has 0 atom stereocenters. The van der Waals surface area contributed by atoms with E-state index >= 15 is 0 Å². The first-order chi connectivity index (χ1) is 38.5. The summed E-state index contributed by atoms with van der Waals surface area (Å²) in [6.07, 6.45) is 0. The number of furan rings is 1. The Morgan fingerprint density at radius 1 is 0.430 bits per heavy atom. The maximum absolute atomic E-state index is 6.81. The fraction of sp³-hybridized carbons (Fsp3) is 0.108. The third kappa shape index (κ3) is 7.36. The second-order valence-corrected chi connectivity index (χ2v) is 23.4. The van der Waals surface area contributed by atoms with Crippen molar-refractivity contribution in [1.29, 1.82) is 0 Å². The van der Waals surface area contributed by atoms with Gasteiger partial charge in [0.1, 0.15) is 11.2 Å². The lowest BCUT2D eigenvalue weighted by atomic mass is 9.33. The van der Waals surface area contributed by atoms with Crippen molar-refractivity contribution in [3.63, 3.8) is 0 Å². The molecule has 378 valence electrons. The van der Waals surface area contributed by atoms with Crippen LogP contribution in [0.4, 0.5) is 51.2 Å². The van der Waals surface area contributed by atoms with Crippen LogP contribution in [0, 0.1) is 6.92 Å². The molecule has 0 N–H and O–H groups in total. The summed E-state index contributed by atoms with van der Waals surface area (Å²) in [5.41, 5.74) is 28.0. The second kappa shape index (κ2) is 17.6. The number of hydrogen-bond donors (Lipinski definition) is 0. The largest absolute Gasteiger partial charge is 0.456 e. The van der Waals surface area contributed by atoms with Crippen LogP contribution in [-0.2, 0) is 10.8 Å². The van der Waals surface area contributed by atoms with Gasteiger partial charge in [-0.2, -0.15) is 0 Å². The number of anilines is 9. The van der Waals surface area contributed by atoms with Crippen molar-refractivity contribution in [2.45, 2.75) is 52.4 Å². The van der Waals surface area contributed by atoms with E-state index in [2.05, 4.69) is 299 Å². The zero-order valence-electron chi connectivity index (χ0n) is 45.4. The summed E-state index contributed by atoms with van der Waals surface area (Å²) in [6.45, 7) is 13.8. The molecule has 5 heteroatoms. The number of aryl methyl sites for hydroxylation is 1. The highest BCUT2D eigenvalue weighted by molar-refractivity contribution is 7.00. The predicted molar refractivity (Wildman–Crippen MR) is 334 cm³/mol. The van der Waals surface area contributed by atoms with Crippen LogP contribution >= 0.6 is 0 Å². The number of fused-ring (bicyclic) bond motifs is 10. The van der Waals surface area contributed by atoms with Gasteiger partial charge >= 0.3 is 0 Å². The molecule has 15 rings (SSSR count). The van der Waals surface area contributed by atoms with Crippen LogP contribution in [0.25, 0.3) is 55.3 Å². The maximum Gasteiger partial charge on any atom is 0.252 e. The quantitative estimate of drug-likeness (QED) is 0.148. The molecule has 1 aliphatic carbocycles. The summed E-state index contributed by atoms with van der Waals surface area (Å²) in [4.78, 5) is 7.56. The average molecular weight is 1020 g/mol. The van der Waals surface area contributed by atoms with Gasteiger partial charge in [-0.25, -0.2) is 0 Å². The van der Waals surface area contributed by atoms with E-state index in [1.807, 2.05) is 0 Å². The van der Waals surface area contributed by atoms with Gasteiger partial charge in [0.15, 0.2) is 0 Å². The summed E-state index contributed by atoms with van der Waals surface area (Å²) >= 11 is 0. The molecule has 11 aromatic carbocycles. The van der Waals surface area contributed by atoms with Crippen LogP contribution in [0.2, 0.25) is 0 Å². The fourth-order valence-electron chi connectivity index (χ4n) is 13.4. The van der Waals surface area contributed by atoms with E-state index in [0.717, 1.165) is 67.3 Å². The van der Waals surface area contributed by atoms with Gasteiger partial charge in [0.05, 0.1) is 5.69 Å². The van der Waals surface area contributed by atoms with Crippen LogP contribution < -0.4 is 31.1 Å². The SMILES string of the molecule is Cc1cc2c3c(c1)N(c1ccc4c(c1)C(C)(C)c1ccccc1-4)c1cc4oc5ccccc5c4cc1B3c1ccc(N(c3ccc(C(C)(C)C)cc3)c3ccccc3-c3ccccc3)cc1N2c1ccc(-c2ccccc2)cc1. The fourth-order valence-corrected chi connectivity index (χ4v) is 13.4. The van der Waals surface area contributed by atoms with Crippen molar-refractivity contribution in [3.8, 4) is 33.4 Å². The molecule has 0 radical (unpaired) electrons. The van der Waals surface area contributed by atoms with E-state index in [4.69, 9.17) is 4.42 Å². The molecule has 4 nitrogen and oxygen atoms in total. The predicted octanol–water partition coefficient (Wildman–Crippen LogP) is 18.4. The number of para-hydroxylation sites is 2. The van der Waals surface area contributed by atoms with E-state index in [0.29, 0.717) is 0 Å². The first-order valence-electron chi connectivity index (χ1n) is 27.8. The van der Waals surface area contributed by atoms with Crippen molar-refractivity contribution in [3.05, 3.63) is 265 Å². The molecular weight excluding hydrogens is 958 g/mol. The van der Waals surface area contributed by atoms with Crippen LogP contribution in [0.1, 0.15) is 56.9 Å². The van der Waals surface area contributed by atoms with Gasteiger partial charge in [-0.15, -0.1) is 0 Å². The Hall–Kier alpha value is -9.32. The van der Waals surface area contributed by atoms with Gasteiger partial charge in [-0.1, -0.05) is 198 Å². The van der Waals surface area contributed by atoms with Crippen LogP contribution in [0.3, 0.4) is 0 Å². The van der Waals surface area contributed by atoms with Crippen molar-refractivity contribution in [2.75, 3.05) is 14.7 Å². The lowest BCUT2D eigenvalue weighted by Gasteiger charge is -2.45. The standard InChI is InChI=1S/C74H58BN3O/c1-47-41-68-72-69(42-47)78(54-37-39-58-57-24-13-16-26-61(57)74(5,6)62(58)43-54)67-46-71-60(59-25-15-18-28-70(59)79-71)45-64(67)75(72)63-40-38-55(44-66(63)77(68)53-33-29-49(30-34-53)48-19-9-7-10-20-48)76(52-35-31-51(32-36-52)73(2,3)4)65-27-17-14-23-56(65)50-21-11-8-12-22-50/h7-46H,1-6H3. The van der Waals surface area contributed by atoms with Gasteiger partial charge in [0, 0.05) is 73.3 Å². The molecule has 0 spiro atoms. The Balaban J connectivity index is 1.00. The number of rotatable bonds is 7. The zero-order valence-corrected chi connectivity index (χ0v) is 45.4. The summed E-state index contributed by atoms with van der Waals surface area (Å²) in [7, 11) is 0. The molecule has 12 aromatic rings. The molecule has 2 aliphatic heterocycles. The number of benzene rings is 11. The molecule has 0 amide bonds. The first kappa shape index (κ1) is 46.9. The summed E-state index contributed by atoms with van der Waals surface area (Å²) in [6, 6.07) is 90.3. The van der Waals surface area contributed by atoms with Gasteiger partial charge < -0.3 is 19.1 Å². The van der Waals surface area contributed by atoms with Gasteiger partial charge in [-0.05, 0) is 152 Å². The lowest BCUT2D eigenvalue weighted by molar-refractivity contribution is 0.590. The minimum atomic E-state index is -0.179. The van der Waals surface area contributed by atoms with Crippen molar-refractivity contribution < 1.29 is 4.42 Å². The Kier molecular flexibility index (Phi) is 10.5. The van der Waals surface area contributed by atoms with Crippen LogP contribution in [0.15, 0.2) is 247 Å². The maximum atomic E-state index is 6.81. The lowest BCUT2D eigenvalue weighted by Crippen LogP contribution is -2.61. The minimum absolute atomic E-state index is 0.00123. The monoisotopic (exact) mass is 1020 g/mol. The molecule has 3 heterocycles. The van der Waals surface area contributed by atoms with Gasteiger partial charge in [0.2, 0.25) is 0 Å². The first-order valence-corrected chi connectivity index (χ1v) is 27.8. The molecule has 3 aliphatic rings. The van der Waals surface area contributed by atoms with E-state index in [9.17, 15) is 0 Å². The van der Waals surface area contributed by atoms with Crippen LogP contribution in [-0.4, -0.2) is 6.71 Å². The third-order valence-electron chi connectivity index (χ3n) is 17.2. The average Bonchev–Trinajstić information content (AvgIpc) is 4.11. The Labute approximate surface area is 463 Å². The molecule has 0 saturated heterocycles. The molecule has 0 unspecified atom stereocenters. The summed E-state index contributed by atoms with van der Waals surface area (Å²) < 4.78 is 6.81. The summed E-state index contributed by atoms with van der Waals surface area (Å²) in [5.74, 6) is 0. The number of hydrogen-bond acceptors (Lipinski definition) is 4. The Bertz CT molecular complexity index is 4400. The van der Waals surface area contributed by atoms with Gasteiger partial charge in [-0.3, -0.25) is 0 Å². The van der Waals surface area contributed by atoms with Crippen LogP contribution in [0.5, 0.6) is 0 Å². The van der Waals surface area contributed by atoms with Crippen molar-refractivity contribution in [2.24, 2.45) is 0 Å². The minimum Gasteiger partial charge on any atom is -0.456 e. The van der Waals surface area contributed by atoms with Crippen molar-refractivity contribution >= 4 is 96.2 Å². The molecule has 0 fully saturated rings. The molecule has 79 heavy (non-hydrogen) atoms. The Morgan fingerprint density at radius 3 is 1.77 bits per heavy atom. The second-order valence-electron chi connectivity index (χ2n) is 23.4. The summed E-state index contributed by atoms with van der Waals surface area (Å²) in [5, 5.41) is 2.24.